The first-order valence-electron chi connectivity index (χ1n) is 18.6. The lowest BCUT2D eigenvalue weighted by atomic mass is 9.84. The van der Waals surface area contributed by atoms with Crippen LogP contribution in [0.25, 0.3) is 11.1 Å². The first-order valence-corrected chi connectivity index (χ1v) is 22.1. The van der Waals surface area contributed by atoms with Gasteiger partial charge < -0.3 is 15.5 Å². The fraction of sp³-hybridized carbons (Fsp3) is 0.625. The molecule has 11 heteroatoms. The van der Waals surface area contributed by atoms with E-state index in [0.29, 0.717) is 17.6 Å². The molecule has 2 aliphatic rings. The highest BCUT2D eigenvalue weighted by molar-refractivity contribution is 7.98. The third-order valence-corrected chi connectivity index (χ3v) is 12.0. The molecule has 2 aromatic carbocycles. The zero-order valence-corrected chi connectivity index (χ0v) is 32.9. The van der Waals surface area contributed by atoms with E-state index in [1.165, 1.54) is 57.8 Å². The summed E-state index contributed by atoms with van der Waals surface area (Å²) in [7, 11) is -3.37. The highest BCUT2D eigenvalue weighted by Gasteiger charge is 2.34. The number of amides is 1. The molecule has 284 valence electrons. The van der Waals surface area contributed by atoms with E-state index in [0.717, 1.165) is 59.6 Å². The van der Waals surface area contributed by atoms with Crippen LogP contribution in [0.5, 0.6) is 0 Å². The predicted octanol–water partition coefficient (Wildman–Crippen LogP) is 7.84. The van der Waals surface area contributed by atoms with Crippen LogP contribution < -0.4 is 5.32 Å². The molecule has 1 saturated heterocycles. The van der Waals surface area contributed by atoms with Gasteiger partial charge in [0.05, 0.1) is 11.7 Å². The Bertz CT molecular complexity index is 1540. The van der Waals surface area contributed by atoms with Gasteiger partial charge in [0.1, 0.15) is 15.9 Å². The van der Waals surface area contributed by atoms with Gasteiger partial charge in [-0.25, -0.2) is 13.2 Å². The van der Waals surface area contributed by atoms with Crippen LogP contribution in [0.3, 0.4) is 0 Å². The standard InChI is InChI=1S/C34H48N2O5S.C6H12O2S/c1-4-10-27-16-17-28(21-25-12-6-5-7-13-25)36(27)23-26-15-18-30(31(22-26)29-14-9-8-11-24(29)2)33(37)35-32(34(38)39)19-20-42(3,40)41;1-5(6(7)8)3-4-9-2/h8-9,11,14-15,18,22,25,27-28,32H,4-7,10,12-13,16-17,19-21,23H2,1-3H3,(H,35,37)(H,38,39);5H,3-4H2,1-2H3,(H,7,8). The molecule has 1 aliphatic carbocycles. The number of sulfone groups is 1. The lowest BCUT2D eigenvalue weighted by Crippen LogP contribution is -2.42. The van der Waals surface area contributed by atoms with Crippen molar-refractivity contribution in [1.29, 1.82) is 0 Å². The predicted molar refractivity (Wildman–Crippen MR) is 208 cm³/mol. The number of carbonyl (C=O) groups is 3. The molecule has 3 N–H and O–H groups in total. The van der Waals surface area contributed by atoms with Crippen molar-refractivity contribution in [3.8, 4) is 11.1 Å². The summed E-state index contributed by atoms with van der Waals surface area (Å²) in [5.41, 5.74) is 4.26. The van der Waals surface area contributed by atoms with Gasteiger partial charge in [-0.3, -0.25) is 14.5 Å². The molecule has 1 amide bonds. The second-order valence-corrected chi connectivity index (χ2v) is 17.8. The Morgan fingerprint density at radius 2 is 1.63 bits per heavy atom. The van der Waals surface area contributed by atoms with Gasteiger partial charge in [0.15, 0.2) is 0 Å². The maximum Gasteiger partial charge on any atom is 0.326 e. The fourth-order valence-electron chi connectivity index (χ4n) is 7.42. The van der Waals surface area contributed by atoms with Gasteiger partial charge in [-0.2, -0.15) is 11.8 Å². The molecule has 4 unspecified atom stereocenters. The van der Waals surface area contributed by atoms with Crippen LogP contribution in [0, 0.1) is 18.8 Å². The minimum Gasteiger partial charge on any atom is -0.481 e. The minimum absolute atomic E-state index is 0.183. The number of likely N-dealkylation sites (tertiary alicyclic amines) is 1. The first-order chi connectivity index (χ1) is 24.2. The number of nitrogens with zero attached hydrogens (tertiary/aromatic N) is 1. The summed E-state index contributed by atoms with van der Waals surface area (Å²) in [5.74, 6) is -1.19. The summed E-state index contributed by atoms with van der Waals surface area (Å²) in [4.78, 5) is 38.3. The number of carbonyl (C=O) groups excluding carboxylic acids is 1. The van der Waals surface area contributed by atoms with E-state index >= 15 is 0 Å². The van der Waals surface area contributed by atoms with E-state index in [-0.39, 0.29) is 18.1 Å². The van der Waals surface area contributed by atoms with Crippen LogP contribution in [0.2, 0.25) is 0 Å². The number of carboxylic acid groups (broad SMARTS) is 2. The van der Waals surface area contributed by atoms with Crippen molar-refractivity contribution >= 4 is 39.4 Å². The summed E-state index contributed by atoms with van der Waals surface area (Å²) in [6.45, 7) is 6.83. The zero-order valence-electron chi connectivity index (χ0n) is 31.2. The SMILES string of the molecule is CCCC1CCC(CC2CCCCC2)N1Cc1ccc(C(=O)NC(CCS(C)(=O)=O)C(=O)O)c(-c2ccccc2C)c1.CSCCC(C)C(=O)O. The van der Waals surface area contributed by atoms with Gasteiger partial charge in [-0.1, -0.05) is 82.7 Å². The molecule has 1 saturated carbocycles. The van der Waals surface area contributed by atoms with E-state index in [1.807, 2.05) is 49.6 Å². The minimum atomic E-state index is -3.37. The topological polar surface area (TPSA) is 141 Å². The van der Waals surface area contributed by atoms with E-state index in [9.17, 15) is 27.9 Å². The summed E-state index contributed by atoms with van der Waals surface area (Å²) in [6, 6.07) is 13.7. The van der Waals surface area contributed by atoms with Gasteiger partial charge in [0.25, 0.3) is 5.91 Å². The van der Waals surface area contributed by atoms with Crippen molar-refractivity contribution in [3.05, 3.63) is 59.2 Å². The average Bonchev–Trinajstić information content (AvgIpc) is 3.45. The lowest BCUT2D eigenvalue weighted by molar-refractivity contribution is -0.141. The molecule has 2 aromatic rings. The van der Waals surface area contributed by atoms with Gasteiger partial charge in [-0.05, 0) is 97.8 Å². The van der Waals surface area contributed by atoms with Gasteiger partial charge in [-0.15, -0.1) is 0 Å². The number of benzene rings is 2. The maximum absolute atomic E-state index is 13.5. The van der Waals surface area contributed by atoms with Crippen LogP contribution >= 0.6 is 11.8 Å². The Balaban J connectivity index is 0.000000688. The van der Waals surface area contributed by atoms with Crippen LogP contribution in [-0.2, 0) is 26.0 Å². The molecule has 0 aromatic heterocycles. The molecule has 2 fully saturated rings. The summed E-state index contributed by atoms with van der Waals surface area (Å²) in [5, 5.41) is 20.7. The van der Waals surface area contributed by atoms with Gasteiger partial charge >= 0.3 is 11.9 Å². The Morgan fingerprint density at radius 3 is 2.24 bits per heavy atom. The molecule has 0 radical (unpaired) electrons. The highest BCUT2D eigenvalue weighted by atomic mass is 32.2. The quantitative estimate of drug-likeness (QED) is 0.148. The molecule has 51 heavy (non-hydrogen) atoms. The summed E-state index contributed by atoms with van der Waals surface area (Å²) in [6.07, 6.45) is 16.5. The first kappa shape index (κ1) is 42.5. The normalized spacial score (nSPS) is 19.5. The van der Waals surface area contributed by atoms with Crippen molar-refractivity contribution in [2.24, 2.45) is 11.8 Å². The van der Waals surface area contributed by atoms with Crippen LogP contribution in [0.15, 0.2) is 42.5 Å². The Kier molecular flexibility index (Phi) is 17.5. The lowest BCUT2D eigenvalue weighted by Gasteiger charge is -2.34. The van der Waals surface area contributed by atoms with Crippen molar-refractivity contribution in [1.82, 2.24) is 10.2 Å². The number of aliphatic carboxylic acids is 2. The van der Waals surface area contributed by atoms with E-state index in [1.54, 1.807) is 18.7 Å². The third kappa shape index (κ3) is 13.9. The van der Waals surface area contributed by atoms with E-state index in [2.05, 4.69) is 23.2 Å². The molecule has 0 bridgehead atoms. The van der Waals surface area contributed by atoms with Crippen molar-refractivity contribution in [2.75, 3.05) is 24.0 Å². The Morgan fingerprint density at radius 1 is 0.941 bits per heavy atom. The van der Waals surface area contributed by atoms with Gasteiger partial charge in [0, 0.05) is 30.4 Å². The third-order valence-electron chi connectivity index (χ3n) is 10.4. The second-order valence-electron chi connectivity index (χ2n) is 14.6. The van der Waals surface area contributed by atoms with E-state index < -0.39 is 33.7 Å². The second kappa shape index (κ2) is 21.0. The van der Waals surface area contributed by atoms with Crippen LogP contribution in [0.1, 0.15) is 112 Å². The summed E-state index contributed by atoms with van der Waals surface area (Å²) >= 11 is 1.68. The van der Waals surface area contributed by atoms with Gasteiger partial charge in [0.2, 0.25) is 0 Å². The number of hydrogen-bond donors (Lipinski definition) is 3. The monoisotopic (exact) mass is 744 g/mol. The fourth-order valence-corrected chi connectivity index (χ4v) is 8.67. The molecule has 4 rings (SSSR count). The van der Waals surface area contributed by atoms with Crippen molar-refractivity contribution in [3.63, 3.8) is 0 Å². The molecule has 1 heterocycles. The number of carboxylic acids is 2. The van der Waals surface area contributed by atoms with Crippen molar-refractivity contribution in [2.45, 2.75) is 122 Å². The largest absolute Gasteiger partial charge is 0.481 e. The zero-order chi connectivity index (χ0) is 37.6. The maximum atomic E-state index is 13.5. The molecular formula is C40H60N2O7S2. The number of aryl methyl sites for hydroxylation is 1. The van der Waals surface area contributed by atoms with Crippen LogP contribution in [0.4, 0.5) is 0 Å². The Hall–Kier alpha value is -2.89. The number of rotatable bonds is 17. The molecule has 4 atom stereocenters. The summed E-state index contributed by atoms with van der Waals surface area (Å²) < 4.78 is 23.3. The average molecular weight is 745 g/mol. The highest BCUT2D eigenvalue weighted by Crippen LogP contribution is 2.37. The molecular weight excluding hydrogens is 685 g/mol. The Labute approximate surface area is 310 Å². The number of hydrogen-bond acceptors (Lipinski definition) is 7. The molecule has 9 nitrogen and oxygen atoms in total. The van der Waals surface area contributed by atoms with Crippen molar-refractivity contribution < 1.29 is 33.0 Å². The smallest absolute Gasteiger partial charge is 0.326 e. The van der Waals surface area contributed by atoms with E-state index in [4.69, 9.17) is 5.11 Å². The number of thioether (sulfide) groups is 1. The van der Waals surface area contributed by atoms with Crippen LogP contribution in [-0.4, -0.2) is 83.5 Å². The molecule has 1 aliphatic heterocycles. The molecule has 0 spiro atoms. The number of nitrogens with one attached hydrogen (secondary N) is 1.